The molecule has 5 nitrogen and oxygen atoms in total. The smallest absolute Gasteiger partial charge is 0.253 e. The number of nitrogens with zero attached hydrogens (tertiary/aromatic N) is 2. The number of carbonyl (C=O) groups is 1. The molecule has 6 heteroatoms. The van der Waals surface area contributed by atoms with E-state index >= 15 is 0 Å². The van der Waals surface area contributed by atoms with Crippen molar-refractivity contribution < 1.29 is 4.79 Å². The van der Waals surface area contributed by atoms with E-state index in [9.17, 15) is 4.79 Å². The van der Waals surface area contributed by atoms with Crippen molar-refractivity contribution in [2.24, 2.45) is 0 Å². The molecule has 3 rings (SSSR count). The third kappa shape index (κ3) is 3.67. The number of piperazine rings is 1. The first-order valence-corrected chi connectivity index (χ1v) is 7.85. The fourth-order valence-corrected chi connectivity index (χ4v) is 2.86. The molecule has 22 heavy (non-hydrogen) atoms. The third-order valence-corrected chi connectivity index (χ3v) is 4.20. The van der Waals surface area contributed by atoms with E-state index in [0.717, 1.165) is 38.2 Å². The van der Waals surface area contributed by atoms with Crippen molar-refractivity contribution in [1.29, 1.82) is 0 Å². The van der Waals surface area contributed by atoms with Gasteiger partial charge in [0.2, 0.25) is 0 Å². The molecule has 1 aromatic carbocycles. The molecule has 1 amide bonds. The molecule has 1 atom stereocenters. The van der Waals surface area contributed by atoms with Gasteiger partial charge in [-0.25, -0.2) is 4.98 Å². The molecule has 1 aromatic heterocycles. The quantitative estimate of drug-likeness (QED) is 0.907. The first-order valence-electron chi connectivity index (χ1n) is 7.48. The molecule has 2 heterocycles. The van der Waals surface area contributed by atoms with Crippen LogP contribution in [0.5, 0.6) is 0 Å². The summed E-state index contributed by atoms with van der Waals surface area (Å²) in [5.41, 5.74) is 1.82. The monoisotopic (exact) mass is 318 g/mol. The van der Waals surface area contributed by atoms with Gasteiger partial charge in [0.1, 0.15) is 0 Å². The van der Waals surface area contributed by atoms with Crippen LogP contribution in [0.15, 0.2) is 36.8 Å². The van der Waals surface area contributed by atoms with Crippen LogP contribution in [0.3, 0.4) is 0 Å². The van der Waals surface area contributed by atoms with E-state index in [0.29, 0.717) is 16.6 Å². The Labute approximate surface area is 134 Å². The number of nitrogens with one attached hydrogen (secondary N) is 2. The Morgan fingerprint density at radius 2 is 2.18 bits per heavy atom. The summed E-state index contributed by atoms with van der Waals surface area (Å²) in [6.07, 6.45) is 5.45. The van der Waals surface area contributed by atoms with Gasteiger partial charge in [-0.2, -0.15) is 0 Å². The van der Waals surface area contributed by atoms with E-state index in [1.165, 1.54) is 0 Å². The molecule has 1 aliphatic rings. The zero-order chi connectivity index (χ0) is 15.4. The summed E-state index contributed by atoms with van der Waals surface area (Å²) in [7, 11) is 0. The highest BCUT2D eigenvalue weighted by molar-refractivity contribution is 6.30. The highest BCUT2D eigenvalue weighted by atomic mass is 35.5. The summed E-state index contributed by atoms with van der Waals surface area (Å²) in [4.78, 5) is 21.6. The van der Waals surface area contributed by atoms with Gasteiger partial charge >= 0.3 is 0 Å². The summed E-state index contributed by atoms with van der Waals surface area (Å²) in [6.45, 7) is 2.30. The van der Waals surface area contributed by atoms with Gasteiger partial charge in [-0.05, 0) is 37.1 Å². The van der Waals surface area contributed by atoms with Crippen LogP contribution in [0.2, 0.25) is 5.02 Å². The number of aromatic nitrogens is 2. The molecule has 0 aliphatic carbocycles. The number of benzene rings is 1. The second-order valence-corrected chi connectivity index (χ2v) is 5.96. The van der Waals surface area contributed by atoms with E-state index in [1.807, 2.05) is 11.1 Å². The molecule has 0 bridgehead atoms. The number of hydrogen-bond donors (Lipinski definition) is 2. The molecule has 2 N–H and O–H groups in total. The Kier molecular flexibility index (Phi) is 4.75. The van der Waals surface area contributed by atoms with Crippen LogP contribution in [0.1, 0.15) is 22.5 Å². The highest BCUT2D eigenvalue weighted by Gasteiger charge is 2.23. The minimum absolute atomic E-state index is 0.0738. The predicted octanol–water partition coefficient (Wildman–Crippen LogP) is 2.11. The maximum Gasteiger partial charge on any atom is 0.253 e. The minimum Gasteiger partial charge on any atom is -0.348 e. The van der Waals surface area contributed by atoms with Crippen LogP contribution in [0.25, 0.3) is 0 Å². The number of amides is 1. The van der Waals surface area contributed by atoms with Gasteiger partial charge in [0.05, 0.1) is 6.33 Å². The van der Waals surface area contributed by atoms with Crippen molar-refractivity contribution >= 4 is 17.5 Å². The second-order valence-electron chi connectivity index (χ2n) is 5.52. The summed E-state index contributed by atoms with van der Waals surface area (Å²) in [5, 5.41) is 4.13. The first-order chi connectivity index (χ1) is 10.7. The zero-order valence-corrected chi connectivity index (χ0v) is 13.0. The number of hydrogen-bond acceptors (Lipinski definition) is 3. The molecule has 1 fully saturated rings. The molecule has 1 unspecified atom stereocenters. The van der Waals surface area contributed by atoms with Crippen molar-refractivity contribution in [1.82, 2.24) is 20.2 Å². The molecule has 116 valence electrons. The average molecular weight is 319 g/mol. The molecule has 1 aliphatic heterocycles. The number of carbonyl (C=O) groups excluding carboxylic acids is 1. The van der Waals surface area contributed by atoms with E-state index in [2.05, 4.69) is 15.3 Å². The summed E-state index contributed by atoms with van der Waals surface area (Å²) >= 11 is 5.87. The van der Waals surface area contributed by atoms with Crippen LogP contribution in [0, 0.1) is 0 Å². The second kappa shape index (κ2) is 6.94. The lowest BCUT2D eigenvalue weighted by Gasteiger charge is -2.34. The van der Waals surface area contributed by atoms with Crippen LogP contribution < -0.4 is 5.32 Å². The number of H-pyrrole nitrogens is 1. The van der Waals surface area contributed by atoms with Crippen molar-refractivity contribution in [2.75, 3.05) is 19.6 Å². The van der Waals surface area contributed by atoms with E-state index < -0.39 is 0 Å². The molecule has 2 aromatic rings. The normalized spacial score (nSPS) is 18.4. The number of aromatic amines is 1. The topological polar surface area (TPSA) is 61.0 Å². The predicted molar refractivity (Wildman–Crippen MR) is 86.1 cm³/mol. The number of rotatable bonds is 4. The van der Waals surface area contributed by atoms with Gasteiger partial charge in [0.15, 0.2) is 0 Å². The third-order valence-electron chi connectivity index (χ3n) is 3.95. The van der Waals surface area contributed by atoms with Gasteiger partial charge < -0.3 is 15.2 Å². The van der Waals surface area contributed by atoms with Gasteiger partial charge in [-0.3, -0.25) is 4.79 Å². The Hall–Kier alpha value is -1.85. The summed E-state index contributed by atoms with van der Waals surface area (Å²) in [6, 6.07) is 7.39. The average Bonchev–Trinajstić information content (AvgIpc) is 3.07. The van der Waals surface area contributed by atoms with Crippen LogP contribution in [-0.4, -0.2) is 46.5 Å². The van der Waals surface area contributed by atoms with Gasteiger partial charge in [0, 0.05) is 48.2 Å². The fourth-order valence-electron chi connectivity index (χ4n) is 2.73. The summed E-state index contributed by atoms with van der Waals surface area (Å²) < 4.78 is 0. The Bertz CT molecular complexity index is 612. The molecule has 0 spiro atoms. The Morgan fingerprint density at radius 1 is 1.36 bits per heavy atom. The van der Waals surface area contributed by atoms with Crippen molar-refractivity contribution in [3.63, 3.8) is 0 Å². The minimum atomic E-state index is 0.0738. The lowest BCUT2D eigenvalue weighted by Crippen LogP contribution is -2.52. The number of halogens is 1. The maximum absolute atomic E-state index is 12.5. The van der Waals surface area contributed by atoms with Gasteiger partial charge in [0.25, 0.3) is 5.91 Å². The number of aryl methyl sites for hydroxylation is 1. The standard InChI is InChI=1S/C16H19ClN4O/c17-13-3-1-12(2-4-13)16(22)21-8-7-19-15(10-21)6-5-14-9-18-11-20-14/h1-4,9,11,15,19H,5-8,10H2,(H,18,20). The van der Waals surface area contributed by atoms with Gasteiger partial charge in [-0.1, -0.05) is 11.6 Å². The molecule has 0 saturated carbocycles. The molecular weight excluding hydrogens is 300 g/mol. The molecule has 1 saturated heterocycles. The van der Waals surface area contributed by atoms with E-state index in [4.69, 9.17) is 11.6 Å². The highest BCUT2D eigenvalue weighted by Crippen LogP contribution is 2.14. The lowest BCUT2D eigenvalue weighted by molar-refractivity contribution is 0.0699. The van der Waals surface area contributed by atoms with Crippen molar-refractivity contribution in [3.8, 4) is 0 Å². The largest absolute Gasteiger partial charge is 0.348 e. The first kappa shape index (κ1) is 15.1. The lowest BCUT2D eigenvalue weighted by atomic mass is 10.1. The Morgan fingerprint density at radius 3 is 2.91 bits per heavy atom. The van der Waals surface area contributed by atoms with E-state index in [1.54, 1.807) is 30.6 Å². The van der Waals surface area contributed by atoms with E-state index in [-0.39, 0.29) is 5.91 Å². The Balaban J connectivity index is 1.57. The van der Waals surface area contributed by atoms with Crippen LogP contribution >= 0.6 is 11.6 Å². The van der Waals surface area contributed by atoms with Crippen LogP contribution in [0.4, 0.5) is 0 Å². The molecule has 0 radical (unpaired) electrons. The maximum atomic E-state index is 12.5. The van der Waals surface area contributed by atoms with Crippen molar-refractivity contribution in [2.45, 2.75) is 18.9 Å². The summed E-state index contributed by atoms with van der Waals surface area (Å²) in [5.74, 6) is 0.0738. The van der Waals surface area contributed by atoms with Gasteiger partial charge in [-0.15, -0.1) is 0 Å². The van der Waals surface area contributed by atoms with Crippen molar-refractivity contribution in [3.05, 3.63) is 53.1 Å². The SMILES string of the molecule is O=C(c1ccc(Cl)cc1)N1CCNC(CCc2cnc[nH]2)C1. The number of imidazole rings is 1. The zero-order valence-electron chi connectivity index (χ0n) is 12.3. The van der Waals surface area contributed by atoms with Crippen LogP contribution in [-0.2, 0) is 6.42 Å². The fraction of sp³-hybridized carbons (Fsp3) is 0.375. The molecular formula is C16H19ClN4O.